The number of rotatable bonds is 4. The zero-order valence-corrected chi connectivity index (χ0v) is 15.1. The summed E-state index contributed by atoms with van der Waals surface area (Å²) in [6, 6.07) is 17.1. The molecule has 2 aromatic rings. The molecule has 0 saturated heterocycles. The van der Waals surface area contributed by atoms with Crippen molar-refractivity contribution in [1.29, 1.82) is 0 Å². The van der Waals surface area contributed by atoms with E-state index in [4.69, 9.17) is 0 Å². The zero-order chi connectivity index (χ0) is 14.8. The van der Waals surface area contributed by atoms with Crippen LogP contribution in [0.1, 0.15) is 37.9 Å². The lowest BCUT2D eigenvalue weighted by atomic mass is 9.92. The third-order valence-corrected chi connectivity index (χ3v) is 4.77. The summed E-state index contributed by atoms with van der Waals surface area (Å²) in [6.07, 6.45) is 0. The molecule has 0 bridgehead atoms. The largest absolute Gasteiger partial charge is 0.301 e. The molecule has 1 nitrogen and oxygen atoms in total. The fraction of sp³-hybridized carbons (Fsp3) is 0.294. The topological polar surface area (TPSA) is 12.0 Å². The van der Waals surface area contributed by atoms with E-state index in [-0.39, 0.29) is 11.6 Å². The molecule has 1 atom stereocenters. The molecule has 2 aromatic carbocycles. The molecule has 2 rings (SSSR count). The van der Waals surface area contributed by atoms with Crippen LogP contribution in [-0.4, -0.2) is 0 Å². The van der Waals surface area contributed by atoms with Gasteiger partial charge in [-0.3, -0.25) is 0 Å². The van der Waals surface area contributed by atoms with Gasteiger partial charge in [0.2, 0.25) is 0 Å². The van der Waals surface area contributed by atoms with Crippen molar-refractivity contribution in [3.8, 4) is 0 Å². The van der Waals surface area contributed by atoms with Crippen molar-refractivity contribution in [2.24, 2.45) is 0 Å². The molecular formula is C17H19Br2N. The maximum Gasteiger partial charge on any atom is 0.0382 e. The minimum atomic E-state index is -0.0879. The second-order valence-corrected chi connectivity index (χ2v) is 7.29. The fourth-order valence-corrected chi connectivity index (χ4v) is 3.29. The summed E-state index contributed by atoms with van der Waals surface area (Å²) < 4.78 is 2.25. The Morgan fingerprint density at radius 3 is 2.15 bits per heavy atom. The average Bonchev–Trinajstić information content (AvgIpc) is 2.39. The summed E-state index contributed by atoms with van der Waals surface area (Å²) in [4.78, 5) is 0. The molecule has 0 aliphatic heterocycles. The summed E-state index contributed by atoms with van der Waals surface area (Å²) in [5.74, 6) is 0. The van der Waals surface area contributed by atoms with Crippen LogP contribution in [0.2, 0.25) is 0 Å². The first-order valence-electron chi connectivity index (χ1n) is 6.68. The van der Waals surface area contributed by atoms with Gasteiger partial charge in [-0.25, -0.2) is 0 Å². The van der Waals surface area contributed by atoms with Gasteiger partial charge in [0.15, 0.2) is 0 Å². The molecule has 106 valence electrons. The Hall–Kier alpha value is -0.640. The molecule has 0 amide bonds. The average molecular weight is 397 g/mol. The molecule has 3 heteroatoms. The first-order valence-corrected chi connectivity index (χ1v) is 8.27. The van der Waals surface area contributed by atoms with Gasteiger partial charge < -0.3 is 5.32 Å². The standard InChI is InChI=1S/C17H19Br2N/c1-12(15-6-4-5-7-16(15)19)20-17(2,3)13-8-10-14(18)11-9-13/h4-12,20H,1-3H3. The van der Waals surface area contributed by atoms with E-state index >= 15 is 0 Å². The van der Waals surface area contributed by atoms with E-state index in [2.05, 4.69) is 100 Å². The molecular weight excluding hydrogens is 378 g/mol. The smallest absolute Gasteiger partial charge is 0.0382 e. The lowest BCUT2D eigenvalue weighted by Crippen LogP contribution is -2.38. The second-order valence-electron chi connectivity index (χ2n) is 5.52. The monoisotopic (exact) mass is 395 g/mol. The summed E-state index contributed by atoms with van der Waals surface area (Å²) in [6.45, 7) is 6.62. The highest BCUT2D eigenvalue weighted by molar-refractivity contribution is 9.10. The molecule has 0 aromatic heterocycles. The van der Waals surface area contributed by atoms with Gasteiger partial charge in [0.25, 0.3) is 0 Å². The van der Waals surface area contributed by atoms with Gasteiger partial charge in [-0.05, 0) is 50.1 Å². The van der Waals surface area contributed by atoms with E-state index in [1.807, 2.05) is 6.07 Å². The minimum absolute atomic E-state index is 0.0879. The van der Waals surface area contributed by atoms with Crippen LogP contribution in [0.25, 0.3) is 0 Å². The van der Waals surface area contributed by atoms with Crippen LogP contribution < -0.4 is 5.32 Å². The quantitative estimate of drug-likeness (QED) is 0.688. The van der Waals surface area contributed by atoms with Crippen LogP contribution in [0.5, 0.6) is 0 Å². The Balaban J connectivity index is 2.19. The van der Waals surface area contributed by atoms with Crippen molar-refractivity contribution in [2.45, 2.75) is 32.4 Å². The molecule has 0 spiro atoms. The van der Waals surface area contributed by atoms with Crippen molar-refractivity contribution >= 4 is 31.9 Å². The Morgan fingerprint density at radius 1 is 0.950 bits per heavy atom. The summed E-state index contributed by atoms with van der Waals surface area (Å²) in [5, 5.41) is 3.70. The summed E-state index contributed by atoms with van der Waals surface area (Å²) in [5.41, 5.74) is 2.47. The van der Waals surface area contributed by atoms with Crippen LogP contribution >= 0.6 is 31.9 Å². The number of halogens is 2. The molecule has 0 fully saturated rings. The molecule has 20 heavy (non-hydrogen) atoms. The van der Waals surface area contributed by atoms with Crippen molar-refractivity contribution in [3.63, 3.8) is 0 Å². The van der Waals surface area contributed by atoms with Gasteiger partial charge >= 0.3 is 0 Å². The lowest BCUT2D eigenvalue weighted by Gasteiger charge is -2.31. The Labute approximate surface area is 138 Å². The lowest BCUT2D eigenvalue weighted by molar-refractivity contribution is 0.357. The number of hydrogen-bond acceptors (Lipinski definition) is 1. The predicted octanol–water partition coefficient (Wildman–Crippen LogP) is 5.80. The third-order valence-electron chi connectivity index (χ3n) is 3.51. The van der Waals surface area contributed by atoms with E-state index in [0.717, 1.165) is 8.95 Å². The molecule has 1 unspecified atom stereocenters. The van der Waals surface area contributed by atoms with E-state index in [1.54, 1.807) is 0 Å². The highest BCUT2D eigenvalue weighted by Crippen LogP contribution is 2.29. The van der Waals surface area contributed by atoms with Crippen LogP contribution in [-0.2, 0) is 5.54 Å². The highest BCUT2D eigenvalue weighted by atomic mass is 79.9. The van der Waals surface area contributed by atoms with Crippen molar-refractivity contribution < 1.29 is 0 Å². The SMILES string of the molecule is CC(NC(C)(C)c1ccc(Br)cc1)c1ccccc1Br. The Kier molecular flexibility index (Phi) is 5.05. The summed E-state index contributed by atoms with van der Waals surface area (Å²) >= 11 is 7.11. The molecule has 0 radical (unpaired) electrons. The minimum Gasteiger partial charge on any atom is -0.301 e. The maximum atomic E-state index is 3.70. The van der Waals surface area contributed by atoms with Crippen molar-refractivity contribution in [3.05, 3.63) is 68.6 Å². The number of hydrogen-bond donors (Lipinski definition) is 1. The van der Waals surface area contributed by atoms with Gasteiger partial charge in [-0.1, -0.05) is 62.2 Å². The first-order chi connectivity index (χ1) is 9.40. The third kappa shape index (κ3) is 3.72. The van der Waals surface area contributed by atoms with Gasteiger partial charge in [-0.2, -0.15) is 0 Å². The van der Waals surface area contributed by atoms with Crippen LogP contribution in [0.15, 0.2) is 57.5 Å². The molecule has 1 N–H and O–H groups in total. The van der Waals surface area contributed by atoms with Crippen LogP contribution in [0.4, 0.5) is 0 Å². The van der Waals surface area contributed by atoms with Gasteiger partial charge in [0, 0.05) is 20.5 Å². The van der Waals surface area contributed by atoms with Crippen LogP contribution in [0.3, 0.4) is 0 Å². The molecule has 0 saturated carbocycles. The van der Waals surface area contributed by atoms with Gasteiger partial charge in [-0.15, -0.1) is 0 Å². The van der Waals surface area contributed by atoms with E-state index < -0.39 is 0 Å². The Bertz CT molecular complexity index is 576. The van der Waals surface area contributed by atoms with Crippen LogP contribution in [0, 0.1) is 0 Å². The molecule has 0 aliphatic carbocycles. The predicted molar refractivity (Wildman–Crippen MR) is 92.9 cm³/mol. The van der Waals surface area contributed by atoms with Gasteiger partial charge in [0.1, 0.15) is 0 Å². The number of nitrogens with one attached hydrogen (secondary N) is 1. The fourth-order valence-electron chi connectivity index (χ4n) is 2.40. The zero-order valence-electron chi connectivity index (χ0n) is 12.0. The summed E-state index contributed by atoms with van der Waals surface area (Å²) in [7, 11) is 0. The highest BCUT2D eigenvalue weighted by Gasteiger charge is 2.23. The number of benzene rings is 2. The Morgan fingerprint density at radius 2 is 1.55 bits per heavy atom. The van der Waals surface area contributed by atoms with Crippen molar-refractivity contribution in [2.75, 3.05) is 0 Å². The second kappa shape index (κ2) is 6.42. The van der Waals surface area contributed by atoms with E-state index in [0.29, 0.717) is 0 Å². The normalized spacial score (nSPS) is 13.2. The van der Waals surface area contributed by atoms with E-state index in [9.17, 15) is 0 Å². The van der Waals surface area contributed by atoms with E-state index in [1.165, 1.54) is 11.1 Å². The molecule has 0 aliphatic rings. The first kappa shape index (κ1) is 15.7. The molecule has 0 heterocycles. The van der Waals surface area contributed by atoms with Gasteiger partial charge in [0.05, 0.1) is 0 Å². The van der Waals surface area contributed by atoms with Crippen molar-refractivity contribution in [1.82, 2.24) is 5.32 Å². The maximum absolute atomic E-state index is 3.70.